The van der Waals surface area contributed by atoms with Crippen LogP contribution in [0.4, 0.5) is 0 Å². The van der Waals surface area contributed by atoms with E-state index in [1.807, 2.05) is 0 Å². The molecule has 128 valence electrons. The highest BCUT2D eigenvalue weighted by molar-refractivity contribution is 4.68. The van der Waals surface area contributed by atoms with Crippen LogP contribution in [0, 0.1) is 5.92 Å². The summed E-state index contributed by atoms with van der Waals surface area (Å²) in [6, 6.07) is 0.610. The fourth-order valence-electron chi connectivity index (χ4n) is 2.79. The molecule has 0 bridgehead atoms. The molecule has 0 aliphatic heterocycles. The first kappa shape index (κ1) is 20.9. The van der Waals surface area contributed by atoms with Gasteiger partial charge in [0.25, 0.3) is 0 Å². The molecule has 2 unspecified atom stereocenters. The van der Waals surface area contributed by atoms with Crippen molar-refractivity contribution in [3.8, 4) is 0 Å². The van der Waals surface area contributed by atoms with E-state index in [9.17, 15) is 0 Å². The molecule has 0 heterocycles. The Kier molecular flexibility index (Phi) is 16.2. The van der Waals surface area contributed by atoms with Crippen LogP contribution in [0.1, 0.15) is 91.4 Å². The molecule has 0 radical (unpaired) electrons. The van der Waals surface area contributed by atoms with E-state index < -0.39 is 0 Å². The highest BCUT2D eigenvalue weighted by Crippen LogP contribution is 2.15. The van der Waals surface area contributed by atoms with E-state index in [1.54, 1.807) is 7.11 Å². The Morgan fingerprint density at radius 2 is 1.33 bits per heavy atom. The first-order chi connectivity index (χ1) is 10.2. The van der Waals surface area contributed by atoms with E-state index in [2.05, 4.69) is 26.1 Å². The predicted molar refractivity (Wildman–Crippen MR) is 95.0 cm³/mol. The minimum Gasteiger partial charge on any atom is -0.383 e. The zero-order valence-corrected chi connectivity index (χ0v) is 15.3. The fraction of sp³-hybridized carbons (Fsp3) is 1.00. The Bertz CT molecular complexity index is 196. The van der Waals surface area contributed by atoms with Gasteiger partial charge in [0.05, 0.1) is 6.61 Å². The van der Waals surface area contributed by atoms with Crippen molar-refractivity contribution in [2.75, 3.05) is 20.3 Å². The van der Waals surface area contributed by atoms with Crippen LogP contribution < -0.4 is 5.32 Å². The molecule has 0 amide bonds. The highest BCUT2D eigenvalue weighted by Gasteiger charge is 2.10. The summed E-state index contributed by atoms with van der Waals surface area (Å²) in [5, 5.41) is 3.54. The van der Waals surface area contributed by atoms with Gasteiger partial charge in [0.1, 0.15) is 0 Å². The zero-order valence-electron chi connectivity index (χ0n) is 15.3. The molecule has 0 saturated heterocycles. The smallest absolute Gasteiger partial charge is 0.0587 e. The second kappa shape index (κ2) is 16.3. The molecular weight excluding hydrogens is 258 g/mol. The number of rotatable bonds is 16. The van der Waals surface area contributed by atoms with Crippen LogP contribution in [-0.2, 0) is 4.74 Å². The second-order valence-electron chi connectivity index (χ2n) is 6.68. The molecule has 0 rings (SSSR count). The highest BCUT2D eigenvalue weighted by atomic mass is 16.5. The molecule has 0 fully saturated rings. The van der Waals surface area contributed by atoms with Gasteiger partial charge in [0, 0.05) is 19.7 Å². The number of nitrogens with one attached hydrogen (secondary N) is 1. The Balaban J connectivity index is 3.25. The predicted octanol–water partition coefficient (Wildman–Crippen LogP) is 5.56. The molecular formula is C19H41NO. The van der Waals surface area contributed by atoms with Crippen LogP contribution in [0.2, 0.25) is 0 Å². The molecule has 0 aliphatic rings. The average molecular weight is 300 g/mol. The van der Waals surface area contributed by atoms with E-state index in [4.69, 9.17) is 4.74 Å². The third kappa shape index (κ3) is 14.6. The Labute approximate surface area is 134 Å². The van der Waals surface area contributed by atoms with E-state index in [-0.39, 0.29) is 0 Å². The summed E-state index contributed by atoms with van der Waals surface area (Å²) in [5.41, 5.74) is 0. The summed E-state index contributed by atoms with van der Waals surface area (Å²) < 4.78 is 5.08. The summed E-state index contributed by atoms with van der Waals surface area (Å²) in [6.07, 6.45) is 15.6. The Morgan fingerprint density at radius 1 is 0.810 bits per heavy atom. The monoisotopic (exact) mass is 299 g/mol. The van der Waals surface area contributed by atoms with Crippen molar-refractivity contribution in [2.24, 2.45) is 5.92 Å². The van der Waals surface area contributed by atoms with E-state index in [0.29, 0.717) is 6.04 Å². The van der Waals surface area contributed by atoms with Gasteiger partial charge in [-0.2, -0.15) is 0 Å². The molecule has 0 aromatic heterocycles. The molecule has 0 spiro atoms. The largest absolute Gasteiger partial charge is 0.383 e. The SMILES string of the molecule is CCCCCCCCCCCCC(C)C(C)NCCOC. The topological polar surface area (TPSA) is 21.3 Å². The van der Waals surface area contributed by atoms with Gasteiger partial charge in [-0.25, -0.2) is 0 Å². The minimum absolute atomic E-state index is 0.610. The summed E-state index contributed by atoms with van der Waals surface area (Å²) in [7, 11) is 1.76. The van der Waals surface area contributed by atoms with Crippen LogP contribution in [0.5, 0.6) is 0 Å². The number of hydrogen-bond acceptors (Lipinski definition) is 2. The number of ether oxygens (including phenoxy) is 1. The van der Waals surface area contributed by atoms with Crippen molar-refractivity contribution in [3.05, 3.63) is 0 Å². The van der Waals surface area contributed by atoms with Gasteiger partial charge in [-0.3, -0.25) is 0 Å². The molecule has 1 N–H and O–H groups in total. The lowest BCUT2D eigenvalue weighted by Gasteiger charge is -2.21. The van der Waals surface area contributed by atoms with Crippen molar-refractivity contribution in [3.63, 3.8) is 0 Å². The molecule has 2 heteroatoms. The second-order valence-corrected chi connectivity index (χ2v) is 6.68. The summed E-state index contributed by atoms with van der Waals surface area (Å²) in [5.74, 6) is 0.774. The Morgan fingerprint density at radius 3 is 1.86 bits per heavy atom. The van der Waals surface area contributed by atoms with Gasteiger partial charge in [0.15, 0.2) is 0 Å². The zero-order chi connectivity index (χ0) is 15.8. The normalized spacial score (nSPS) is 14.3. The molecule has 2 nitrogen and oxygen atoms in total. The van der Waals surface area contributed by atoms with Crippen molar-refractivity contribution in [1.29, 1.82) is 0 Å². The van der Waals surface area contributed by atoms with Crippen LogP contribution >= 0.6 is 0 Å². The quantitative estimate of drug-likeness (QED) is 0.377. The van der Waals surface area contributed by atoms with Crippen LogP contribution in [0.3, 0.4) is 0 Å². The molecule has 0 saturated carbocycles. The number of hydrogen-bond donors (Lipinski definition) is 1. The first-order valence-electron chi connectivity index (χ1n) is 9.44. The lowest BCUT2D eigenvalue weighted by molar-refractivity contribution is 0.192. The lowest BCUT2D eigenvalue weighted by Crippen LogP contribution is -2.34. The third-order valence-corrected chi connectivity index (χ3v) is 4.64. The standard InChI is InChI=1S/C19H41NO/c1-5-6-7-8-9-10-11-12-13-14-15-18(2)19(3)20-16-17-21-4/h18-20H,5-17H2,1-4H3. The minimum atomic E-state index is 0.610. The fourth-order valence-corrected chi connectivity index (χ4v) is 2.79. The van der Waals surface area contributed by atoms with Gasteiger partial charge in [-0.1, -0.05) is 78.1 Å². The molecule has 2 atom stereocenters. The Hall–Kier alpha value is -0.0800. The average Bonchev–Trinajstić information content (AvgIpc) is 2.49. The van der Waals surface area contributed by atoms with Gasteiger partial charge >= 0.3 is 0 Å². The van der Waals surface area contributed by atoms with Crippen molar-refractivity contribution >= 4 is 0 Å². The van der Waals surface area contributed by atoms with Crippen molar-refractivity contribution in [1.82, 2.24) is 5.32 Å². The summed E-state index contributed by atoms with van der Waals surface area (Å²) >= 11 is 0. The summed E-state index contributed by atoms with van der Waals surface area (Å²) in [4.78, 5) is 0. The van der Waals surface area contributed by atoms with Crippen LogP contribution in [0.15, 0.2) is 0 Å². The lowest BCUT2D eigenvalue weighted by atomic mass is 9.96. The number of methoxy groups -OCH3 is 1. The maximum Gasteiger partial charge on any atom is 0.0587 e. The molecule has 21 heavy (non-hydrogen) atoms. The van der Waals surface area contributed by atoms with Crippen molar-refractivity contribution < 1.29 is 4.74 Å². The molecule has 0 aromatic carbocycles. The van der Waals surface area contributed by atoms with Gasteiger partial charge in [-0.05, 0) is 19.3 Å². The molecule has 0 aliphatic carbocycles. The maximum absolute atomic E-state index is 5.08. The van der Waals surface area contributed by atoms with Gasteiger partial charge < -0.3 is 10.1 Å². The van der Waals surface area contributed by atoms with Gasteiger partial charge in [-0.15, -0.1) is 0 Å². The van der Waals surface area contributed by atoms with Crippen LogP contribution in [0.25, 0.3) is 0 Å². The first-order valence-corrected chi connectivity index (χ1v) is 9.44. The molecule has 0 aromatic rings. The van der Waals surface area contributed by atoms with E-state index in [1.165, 1.54) is 70.6 Å². The van der Waals surface area contributed by atoms with Crippen LogP contribution in [-0.4, -0.2) is 26.3 Å². The maximum atomic E-state index is 5.08. The van der Waals surface area contributed by atoms with Crippen molar-refractivity contribution in [2.45, 2.75) is 97.4 Å². The van der Waals surface area contributed by atoms with E-state index in [0.717, 1.165) is 19.1 Å². The van der Waals surface area contributed by atoms with Gasteiger partial charge in [0.2, 0.25) is 0 Å². The number of unbranched alkanes of at least 4 members (excludes halogenated alkanes) is 9. The summed E-state index contributed by atoms with van der Waals surface area (Å²) in [6.45, 7) is 8.75. The third-order valence-electron chi connectivity index (χ3n) is 4.64. The van der Waals surface area contributed by atoms with E-state index >= 15 is 0 Å².